The predicted molar refractivity (Wildman–Crippen MR) is 270 cm³/mol. The second kappa shape index (κ2) is 50.1. The van der Waals surface area contributed by atoms with Gasteiger partial charge in [-0.15, -0.1) is 0 Å². The molecule has 0 saturated heterocycles. The first-order valence-corrected chi connectivity index (χ1v) is 29.1. The maximum Gasteiger partial charge on any atom is 0.470 e. The monoisotopic (exact) mass is 911 g/mol. The van der Waals surface area contributed by atoms with Gasteiger partial charge in [0.25, 0.3) is 0 Å². The van der Waals surface area contributed by atoms with Crippen molar-refractivity contribution in [3.8, 4) is 0 Å². The topological polar surface area (TPSA) is 96.0 Å². The Morgan fingerprint density at radius 1 is 0.270 bits per heavy atom. The Morgan fingerprint density at radius 2 is 0.413 bits per heavy atom. The molecule has 7 nitrogen and oxygen atoms in total. The fourth-order valence-corrected chi connectivity index (χ4v) is 9.22. The molecule has 1 unspecified atom stereocenters. The molecule has 0 aromatic rings. The van der Waals surface area contributed by atoms with Gasteiger partial charge in [-0.05, 0) is 19.3 Å². The van der Waals surface area contributed by atoms with Crippen LogP contribution in [0.15, 0.2) is 0 Å². The van der Waals surface area contributed by atoms with E-state index in [9.17, 15) is 18.9 Å². The van der Waals surface area contributed by atoms with E-state index in [1.165, 1.54) is 212 Å². The van der Waals surface area contributed by atoms with Crippen LogP contribution in [0, 0.1) is 0 Å². The lowest BCUT2D eigenvalue weighted by atomic mass is 10.0. The highest BCUT2D eigenvalue weighted by molar-refractivity contribution is 7.25. The van der Waals surface area contributed by atoms with Gasteiger partial charge in [0.05, 0.1) is 0 Å². The van der Waals surface area contributed by atoms with Gasteiger partial charge in [0, 0.05) is 19.3 Å². The first-order chi connectivity index (χ1) is 30.9. The molecule has 0 saturated carbocycles. The molecule has 0 rings (SSSR count). The van der Waals surface area contributed by atoms with Gasteiger partial charge in [-0.3, -0.25) is 14.4 Å². The quantitative estimate of drug-likeness (QED) is 0.0260. The van der Waals surface area contributed by atoms with E-state index in [2.05, 4.69) is 20.8 Å². The molecular weight excluding hydrogens is 804 g/mol. The summed E-state index contributed by atoms with van der Waals surface area (Å²) < 4.78 is 29.2. The lowest BCUT2D eigenvalue weighted by molar-refractivity contribution is -0.281. The zero-order valence-corrected chi connectivity index (χ0v) is 43.5. The van der Waals surface area contributed by atoms with Crippen LogP contribution in [0.4, 0.5) is 0 Å². The molecule has 0 N–H and O–H groups in total. The Morgan fingerprint density at radius 3 is 0.556 bits per heavy atom. The van der Waals surface area contributed by atoms with Crippen molar-refractivity contribution in [3.05, 3.63) is 0 Å². The summed E-state index contributed by atoms with van der Waals surface area (Å²) in [4.78, 5) is 39.0. The number of carbonyl (C=O) groups is 3. The minimum atomic E-state index is -2.45. The smallest absolute Gasteiger partial charge is 0.383 e. The van der Waals surface area contributed by atoms with E-state index in [1.807, 2.05) is 0 Å². The molecule has 0 aliphatic rings. The first-order valence-electron chi connectivity index (χ1n) is 28.0. The average Bonchev–Trinajstić information content (AvgIpc) is 3.27. The first kappa shape index (κ1) is 61.6. The van der Waals surface area contributed by atoms with Crippen LogP contribution in [0.2, 0.25) is 0 Å². The molecule has 374 valence electrons. The van der Waals surface area contributed by atoms with Crippen LogP contribution in [0.25, 0.3) is 0 Å². The molecular formula is C55H107O7P. The molecule has 0 aromatic heterocycles. The predicted octanol–water partition coefficient (Wildman–Crippen LogP) is 18.8. The number of rotatable bonds is 52. The van der Waals surface area contributed by atoms with Gasteiger partial charge in [-0.25, -0.2) is 0 Å². The van der Waals surface area contributed by atoms with Crippen molar-refractivity contribution in [2.45, 2.75) is 335 Å². The largest absolute Gasteiger partial charge is 0.470 e. The van der Waals surface area contributed by atoms with Gasteiger partial charge in [0.15, 0.2) is 8.46 Å². The summed E-state index contributed by atoms with van der Waals surface area (Å²) in [6, 6.07) is 0. The highest BCUT2D eigenvalue weighted by Gasteiger charge is 2.42. The molecule has 0 bridgehead atoms. The maximum absolute atomic E-state index is 13.0. The van der Waals surface area contributed by atoms with Crippen molar-refractivity contribution in [1.82, 2.24) is 0 Å². The summed E-state index contributed by atoms with van der Waals surface area (Å²) in [5.74, 6) is -1.94. The maximum atomic E-state index is 13.0. The number of hydrogen-bond acceptors (Lipinski definition) is 7. The van der Waals surface area contributed by atoms with Gasteiger partial charge in [-0.2, -0.15) is 0 Å². The molecule has 8 heteroatoms. The lowest BCUT2D eigenvalue weighted by Gasteiger charge is -2.27. The molecule has 0 aliphatic carbocycles. The fraction of sp³-hybridized carbons (Fsp3) is 0.945. The van der Waals surface area contributed by atoms with Gasteiger partial charge in [-0.1, -0.05) is 290 Å². The normalized spacial score (nSPS) is 11.8. The summed E-state index contributed by atoms with van der Waals surface area (Å²) >= 11 is 0. The van der Waals surface area contributed by atoms with E-state index in [0.717, 1.165) is 57.8 Å². The number of ether oxygens (including phenoxy) is 3. The fourth-order valence-electron chi connectivity index (χ4n) is 8.69. The van der Waals surface area contributed by atoms with Gasteiger partial charge in [0.2, 0.25) is 0 Å². The molecule has 0 radical (unpaired) electrons. The third-order valence-corrected chi connectivity index (χ3v) is 13.5. The van der Waals surface area contributed by atoms with Gasteiger partial charge < -0.3 is 18.8 Å². The van der Waals surface area contributed by atoms with Crippen molar-refractivity contribution in [3.63, 3.8) is 0 Å². The van der Waals surface area contributed by atoms with Gasteiger partial charge in [0.1, 0.15) is 0 Å². The van der Waals surface area contributed by atoms with Gasteiger partial charge >= 0.3 is 23.6 Å². The second-order valence-electron chi connectivity index (χ2n) is 19.2. The van der Waals surface area contributed by atoms with Crippen molar-refractivity contribution in [2.24, 2.45) is 0 Å². The zero-order chi connectivity index (χ0) is 46.0. The summed E-state index contributed by atoms with van der Waals surface area (Å²) in [7, 11) is -2.06. The lowest BCUT2D eigenvalue weighted by Crippen LogP contribution is -2.39. The van der Waals surface area contributed by atoms with Crippen LogP contribution in [0.3, 0.4) is 0 Å². The van der Waals surface area contributed by atoms with E-state index >= 15 is 0 Å². The number of esters is 3. The van der Waals surface area contributed by atoms with E-state index in [0.29, 0.717) is 19.3 Å². The van der Waals surface area contributed by atoms with Crippen LogP contribution in [0.5, 0.6) is 0 Å². The van der Waals surface area contributed by atoms with Crippen LogP contribution in [-0.2, 0) is 33.2 Å². The molecule has 0 aliphatic heterocycles. The van der Waals surface area contributed by atoms with Crippen molar-refractivity contribution < 1.29 is 33.2 Å². The number of hydrogen-bond donors (Lipinski definition) is 0. The SMILES string of the molecule is CCCCCCCCCCCCCCCCCC(=O)OC(OC(=O)CCCCCCCCCCCCCCCCC)(OC(=O)CCCCCCCCCCCCCCCCC)[PH2]=O. The van der Waals surface area contributed by atoms with Crippen LogP contribution >= 0.6 is 8.46 Å². The van der Waals surface area contributed by atoms with E-state index in [1.54, 1.807) is 0 Å². The standard InChI is InChI=1S/C55H107O7P/c1-4-7-10-13-16-19-22-25-28-31-34-37-40-43-46-49-52(56)60-55(63-59,61-53(57)50-47-44-41-38-35-32-29-26-23-20-17-14-11-8-5-2)62-54(58)51-48-45-42-39-36-33-30-27-24-21-18-15-12-9-6-3/h4-51,63H2,1-3H3. The van der Waals surface area contributed by atoms with E-state index in [4.69, 9.17) is 14.2 Å². The minimum absolute atomic E-state index is 0.104. The van der Waals surface area contributed by atoms with Crippen molar-refractivity contribution >= 4 is 26.4 Å². The Balaban J connectivity index is 4.57. The van der Waals surface area contributed by atoms with Crippen LogP contribution < -0.4 is 0 Å². The average molecular weight is 911 g/mol. The molecule has 0 spiro atoms. The highest BCUT2D eigenvalue weighted by Crippen LogP contribution is 2.31. The summed E-state index contributed by atoms with van der Waals surface area (Å²) in [6.45, 7) is 6.79. The number of carbonyl (C=O) groups excluding carboxylic acids is 3. The molecule has 0 heterocycles. The molecule has 0 fully saturated rings. The molecule has 1 atom stereocenters. The molecule has 0 aromatic carbocycles. The highest BCUT2D eigenvalue weighted by atomic mass is 31.1. The second-order valence-corrected chi connectivity index (χ2v) is 20.2. The Bertz CT molecular complexity index is 887. The van der Waals surface area contributed by atoms with E-state index < -0.39 is 32.1 Å². The molecule has 63 heavy (non-hydrogen) atoms. The summed E-state index contributed by atoms with van der Waals surface area (Å²) in [5.41, 5.74) is -2.45. The molecule has 0 amide bonds. The number of unbranched alkanes of at least 4 members (excludes halogenated alkanes) is 42. The minimum Gasteiger partial charge on any atom is -0.383 e. The third-order valence-electron chi connectivity index (χ3n) is 12.9. The van der Waals surface area contributed by atoms with E-state index in [-0.39, 0.29) is 19.3 Å². The van der Waals surface area contributed by atoms with Crippen LogP contribution in [0.1, 0.15) is 329 Å². The Hall–Kier alpha value is -1.36. The van der Waals surface area contributed by atoms with Crippen molar-refractivity contribution in [2.75, 3.05) is 0 Å². The Labute approximate surface area is 392 Å². The zero-order valence-electron chi connectivity index (χ0n) is 42.4. The summed E-state index contributed by atoms with van der Waals surface area (Å²) in [6.07, 6.45) is 55.4. The van der Waals surface area contributed by atoms with Crippen LogP contribution in [-0.4, -0.2) is 23.6 Å². The third kappa shape index (κ3) is 45.6. The Kier molecular flexibility index (Phi) is 49.0. The summed E-state index contributed by atoms with van der Waals surface area (Å²) in [5, 5.41) is 0. The van der Waals surface area contributed by atoms with Crippen molar-refractivity contribution in [1.29, 1.82) is 0 Å².